The summed E-state index contributed by atoms with van der Waals surface area (Å²) >= 11 is 0. The number of nitrogen functional groups attached to an aromatic ring is 1. The largest absolute Gasteiger partial charge is 0.478 e. The second-order valence-corrected chi connectivity index (χ2v) is 4.28. The van der Waals surface area contributed by atoms with Gasteiger partial charge in [-0.25, -0.2) is 18.4 Å². The lowest BCUT2D eigenvalue weighted by molar-refractivity contribution is 0.0687. The number of carboxylic acids is 2. The number of hydrogen-bond donors (Lipinski definition) is 4. The lowest BCUT2D eigenvalue weighted by atomic mass is 10.2. The van der Waals surface area contributed by atoms with Crippen molar-refractivity contribution in [3.05, 3.63) is 59.2 Å². The lowest BCUT2D eigenvalue weighted by Gasteiger charge is -2.03. The lowest BCUT2D eigenvalue weighted by Crippen LogP contribution is -2.02. The molecule has 0 saturated heterocycles. The van der Waals surface area contributed by atoms with Gasteiger partial charge in [-0.15, -0.1) is 0 Å². The van der Waals surface area contributed by atoms with Crippen molar-refractivity contribution < 1.29 is 28.6 Å². The van der Waals surface area contributed by atoms with E-state index in [1.54, 1.807) is 7.05 Å². The molecule has 122 valence electrons. The SMILES string of the molecule is CNc1cc(F)ccc1C(=O)O.Nc1cc(F)ccc1C(=O)O. The number of halogens is 2. The summed E-state index contributed by atoms with van der Waals surface area (Å²) in [6, 6.07) is 6.65. The third-order valence-corrected chi connectivity index (χ3v) is 2.73. The maximum Gasteiger partial charge on any atom is 0.337 e. The first-order valence-electron chi connectivity index (χ1n) is 6.25. The average Bonchev–Trinajstić information content (AvgIpc) is 2.46. The summed E-state index contributed by atoms with van der Waals surface area (Å²) in [5.41, 5.74) is 5.41. The van der Waals surface area contributed by atoms with E-state index in [4.69, 9.17) is 15.9 Å². The minimum Gasteiger partial charge on any atom is -0.478 e. The van der Waals surface area contributed by atoms with Gasteiger partial charge >= 0.3 is 11.9 Å². The molecule has 2 aromatic rings. The highest BCUT2D eigenvalue weighted by atomic mass is 19.1. The van der Waals surface area contributed by atoms with Gasteiger partial charge in [0.15, 0.2) is 0 Å². The number of rotatable bonds is 3. The molecule has 0 spiro atoms. The second kappa shape index (κ2) is 7.74. The van der Waals surface area contributed by atoms with Crippen LogP contribution in [0.2, 0.25) is 0 Å². The molecular weight excluding hydrogens is 310 g/mol. The first-order valence-corrected chi connectivity index (χ1v) is 6.25. The number of anilines is 2. The van der Waals surface area contributed by atoms with E-state index >= 15 is 0 Å². The monoisotopic (exact) mass is 324 g/mol. The number of benzene rings is 2. The van der Waals surface area contributed by atoms with E-state index in [-0.39, 0.29) is 22.5 Å². The molecule has 0 unspecified atom stereocenters. The van der Waals surface area contributed by atoms with Crippen LogP contribution < -0.4 is 11.1 Å². The predicted molar refractivity (Wildman–Crippen MR) is 80.7 cm³/mol. The van der Waals surface area contributed by atoms with E-state index in [0.717, 1.165) is 30.3 Å². The third-order valence-electron chi connectivity index (χ3n) is 2.73. The van der Waals surface area contributed by atoms with Gasteiger partial charge in [-0.3, -0.25) is 0 Å². The van der Waals surface area contributed by atoms with Crippen LogP contribution in [0.1, 0.15) is 20.7 Å². The van der Waals surface area contributed by atoms with Crippen LogP contribution in [0, 0.1) is 11.6 Å². The number of aromatic carboxylic acids is 2. The van der Waals surface area contributed by atoms with Gasteiger partial charge in [0.25, 0.3) is 0 Å². The molecule has 2 aromatic carbocycles. The van der Waals surface area contributed by atoms with Crippen LogP contribution in [0.15, 0.2) is 36.4 Å². The van der Waals surface area contributed by atoms with E-state index in [9.17, 15) is 18.4 Å². The molecular formula is C15H14F2N2O4. The van der Waals surface area contributed by atoms with Crippen molar-refractivity contribution in [3.63, 3.8) is 0 Å². The summed E-state index contributed by atoms with van der Waals surface area (Å²) in [7, 11) is 1.54. The smallest absolute Gasteiger partial charge is 0.337 e. The summed E-state index contributed by atoms with van der Waals surface area (Å²) in [5.74, 6) is -3.21. The van der Waals surface area contributed by atoms with E-state index in [1.165, 1.54) is 6.07 Å². The van der Waals surface area contributed by atoms with E-state index in [0.29, 0.717) is 0 Å². The minimum absolute atomic E-state index is 0.0579. The van der Waals surface area contributed by atoms with Crippen molar-refractivity contribution >= 4 is 23.3 Å². The molecule has 0 fully saturated rings. The number of nitrogens with one attached hydrogen (secondary N) is 1. The van der Waals surface area contributed by atoms with Crippen molar-refractivity contribution in [2.24, 2.45) is 0 Å². The second-order valence-electron chi connectivity index (χ2n) is 4.28. The van der Waals surface area contributed by atoms with Gasteiger partial charge in [0.1, 0.15) is 11.6 Å². The zero-order valence-corrected chi connectivity index (χ0v) is 12.0. The number of carboxylic acid groups (broad SMARTS) is 2. The molecule has 0 bridgehead atoms. The standard InChI is InChI=1S/C8H8FNO2.C7H6FNO2/c1-10-7-4-5(9)2-3-6(7)8(11)12;8-4-1-2-5(7(10)11)6(9)3-4/h2-4,10H,1H3,(H,11,12);1-3H,9H2,(H,10,11). The van der Waals surface area contributed by atoms with Crippen molar-refractivity contribution in [2.75, 3.05) is 18.1 Å². The van der Waals surface area contributed by atoms with Crippen LogP contribution in [0.3, 0.4) is 0 Å². The van der Waals surface area contributed by atoms with Gasteiger partial charge < -0.3 is 21.3 Å². The number of nitrogens with two attached hydrogens (primary N) is 1. The van der Waals surface area contributed by atoms with Crippen molar-refractivity contribution in [2.45, 2.75) is 0 Å². The van der Waals surface area contributed by atoms with Gasteiger partial charge in [0.2, 0.25) is 0 Å². The Bertz CT molecular complexity index is 735. The average molecular weight is 324 g/mol. The number of hydrogen-bond acceptors (Lipinski definition) is 4. The van der Waals surface area contributed by atoms with E-state index in [2.05, 4.69) is 5.32 Å². The Hall–Kier alpha value is -3.16. The fourth-order valence-corrected chi connectivity index (χ4v) is 1.64. The Kier molecular flexibility index (Phi) is 6.02. The van der Waals surface area contributed by atoms with Gasteiger partial charge in [-0.05, 0) is 36.4 Å². The van der Waals surface area contributed by atoms with Crippen molar-refractivity contribution in [1.29, 1.82) is 0 Å². The molecule has 0 radical (unpaired) electrons. The first-order chi connectivity index (χ1) is 10.8. The minimum atomic E-state index is -1.15. The van der Waals surface area contributed by atoms with E-state index < -0.39 is 23.6 Å². The maximum atomic E-state index is 12.6. The normalized spacial score (nSPS) is 9.52. The molecule has 23 heavy (non-hydrogen) atoms. The highest BCUT2D eigenvalue weighted by Gasteiger charge is 2.09. The summed E-state index contributed by atoms with van der Waals surface area (Å²) in [6.07, 6.45) is 0. The Morgan fingerprint density at radius 2 is 1.43 bits per heavy atom. The molecule has 0 atom stereocenters. The Morgan fingerprint density at radius 3 is 1.87 bits per heavy atom. The molecule has 8 heteroatoms. The molecule has 5 N–H and O–H groups in total. The molecule has 0 amide bonds. The maximum absolute atomic E-state index is 12.6. The Labute approximate surface area is 130 Å². The van der Waals surface area contributed by atoms with Crippen LogP contribution in [-0.4, -0.2) is 29.2 Å². The van der Waals surface area contributed by atoms with Gasteiger partial charge in [0.05, 0.1) is 16.8 Å². The zero-order valence-electron chi connectivity index (χ0n) is 12.0. The van der Waals surface area contributed by atoms with Crippen LogP contribution in [0.5, 0.6) is 0 Å². The van der Waals surface area contributed by atoms with Crippen molar-refractivity contribution in [3.8, 4) is 0 Å². The third kappa shape index (κ3) is 4.95. The first kappa shape index (κ1) is 17.9. The molecule has 6 nitrogen and oxygen atoms in total. The molecule has 0 heterocycles. The summed E-state index contributed by atoms with van der Waals surface area (Å²) in [5, 5.41) is 19.7. The fourth-order valence-electron chi connectivity index (χ4n) is 1.64. The predicted octanol–water partition coefficient (Wildman–Crippen LogP) is 2.67. The van der Waals surface area contributed by atoms with Crippen LogP contribution in [0.4, 0.5) is 20.2 Å². The zero-order chi connectivity index (χ0) is 17.6. The summed E-state index contributed by atoms with van der Waals surface area (Å²) in [4.78, 5) is 20.9. The summed E-state index contributed by atoms with van der Waals surface area (Å²) < 4.78 is 24.9. The van der Waals surface area contributed by atoms with E-state index in [1.807, 2.05) is 0 Å². The van der Waals surface area contributed by atoms with Gasteiger partial charge in [-0.1, -0.05) is 0 Å². The van der Waals surface area contributed by atoms with Gasteiger partial charge in [-0.2, -0.15) is 0 Å². The van der Waals surface area contributed by atoms with Gasteiger partial charge in [0, 0.05) is 12.7 Å². The molecule has 2 rings (SSSR count). The number of carbonyl (C=O) groups is 2. The molecule has 0 saturated carbocycles. The molecule has 0 aliphatic rings. The molecule has 0 aliphatic heterocycles. The molecule has 0 aromatic heterocycles. The van der Waals surface area contributed by atoms with Crippen molar-refractivity contribution in [1.82, 2.24) is 0 Å². The van der Waals surface area contributed by atoms with Crippen LogP contribution >= 0.6 is 0 Å². The quantitative estimate of drug-likeness (QED) is 0.646. The van der Waals surface area contributed by atoms with Crippen LogP contribution in [0.25, 0.3) is 0 Å². The Morgan fingerprint density at radius 1 is 0.957 bits per heavy atom. The summed E-state index contributed by atoms with van der Waals surface area (Å²) in [6.45, 7) is 0. The van der Waals surface area contributed by atoms with Crippen LogP contribution in [-0.2, 0) is 0 Å². The molecule has 0 aliphatic carbocycles. The highest BCUT2D eigenvalue weighted by Crippen LogP contribution is 2.16. The Balaban J connectivity index is 0.000000231. The fraction of sp³-hybridized carbons (Fsp3) is 0.0667. The topological polar surface area (TPSA) is 113 Å². The highest BCUT2D eigenvalue weighted by molar-refractivity contribution is 5.94.